The number of allylic oxidation sites excluding steroid dienone is 5. The fourth-order valence-corrected chi connectivity index (χ4v) is 1.66. The number of amides is 1. The molecule has 0 saturated carbocycles. The zero-order valence-electron chi connectivity index (χ0n) is 13.1. The van der Waals surface area contributed by atoms with Gasteiger partial charge in [0.1, 0.15) is 0 Å². The predicted molar refractivity (Wildman–Crippen MR) is 93.5 cm³/mol. The van der Waals surface area contributed by atoms with Gasteiger partial charge in [-0.3, -0.25) is 9.79 Å². The lowest BCUT2D eigenvalue weighted by molar-refractivity contribution is -0.118. The number of phenols is 2. The molecule has 23 heavy (non-hydrogen) atoms. The minimum absolute atomic E-state index is 0.132. The number of hydrogen-bond acceptors (Lipinski definition) is 4. The van der Waals surface area contributed by atoms with Gasteiger partial charge in [0.2, 0.25) is 5.91 Å². The van der Waals surface area contributed by atoms with E-state index >= 15 is 0 Å². The SMILES string of the molecule is CC(/C=C/c1ccc(O)c(O)c1)=C\C=C/C=N/CCCC(N)=O. The molecule has 0 radical (unpaired) electrons. The summed E-state index contributed by atoms with van der Waals surface area (Å²) in [7, 11) is 0. The molecule has 0 aliphatic rings. The number of primary amides is 1. The largest absolute Gasteiger partial charge is 0.504 e. The molecule has 1 amide bonds. The highest BCUT2D eigenvalue weighted by atomic mass is 16.3. The van der Waals surface area contributed by atoms with Gasteiger partial charge >= 0.3 is 0 Å². The first-order valence-electron chi connectivity index (χ1n) is 7.31. The van der Waals surface area contributed by atoms with E-state index in [1.165, 1.54) is 12.1 Å². The van der Waals surface area contributed by atoms with Gasteiger partial charge < -0.3 is 15.9 Å². The molecule has 0 atom stereocenters. The van der Waals surface area contributed by atoms with E-state index in [2.05, 4.69) is 4.99 Å². The molecule has 0 unspecified atom stereocenters. The van der Waals surface area contributed by atoms with E-state index in [9.17, 15) is 15.0 Å². The molecule has 1 aromatic carbocycles. The Morgan fingerprint density at radius 1 is 1.26 bits per heavy atom. The first-order valence-corrected chi connectivity index (χ1v) is 7.31. The van der Waals surface area contributed by atoms with E-state index < -0.39 is 0 Å². The first-order chi connectivity index (χ1) is 11.0. The van der Waals surface area contributed by atoms with Crippen molar-refractivity contribution in [3.05, 3.63) is 53.6 Å². The van der Waals surface area contributed by atoms with E-state index in [0.29, 0.717) is 19.4 Å². The summed E-state index contributed by atoms with van der Waals surface area (Å²) in [4.78, 5) is 14.7. The molecule has 5 nitrogen and oxygen atoms in total. The molecule has 1 aromatic rings. The number of rotatable bonds is 8. The molecule has 0 aliphatic heterocycles. The quantitative estimate of drug-likeness (QED) is 0.298. The Morgan fingerprint density at radius 2 is 2.04 bits per heavy atom. The van der Waals surface area contributed by atoms with Crippen molar-refractivity contribution in [3.8, 4) is 11.5 Å². The molecule has 1 rings (SSSR count). The van der Waals surface area contributed by atoms with Gasteiger partial charge in [-0.1, -0.05) is 35.9 Å². The van der Waals surface area contributed by atoms with Crippen LogP contribution in [0.2, 0.25) is 0 Å². The number of aliphatic imine (C=N–C) groups is 1. The first kappa shape index (κ1) is 18.2. The zero-order valence-corrected chi connectivity index (χ0v) is 13.1. The number of hydrogen-bond donors (Lipinski definition) is 3. The summed E-state index contributed by atoms with van der Waals surface area (Å²) in [6, 6.07) is 4.66. The molecule has 0 fully saturated rings. The van der Waals surface area contributed by atoms with Crippen LogP contribution in [0.1, 0.15) is 25.3 Å². The topological polar surface area (TPSA) is 95.9 Å². The van der Waals surface area contributed by atoms with Crippen molar-refractivity contribution in [1.82, 2.24) is 0 Å². The molecule has 4 N–H and O–H groups in total. The minimum atomic E-state index is -0.303. The number of carbonyl (C=O) groups is 1. The van der Waals surface area contributed by atoms with Gasteiger partial charge in [-0.15, -0.1) is 0 Å². The third-order valence-electron chi connectivity index (χ3n) is 2.91. The van der Waals surface area contributed by atoms with Crippen LogP contribution in [-0.2, 0) is 4.79 Å². The molecular weight excluding hydrogens is 292 g/mol. The highest BCUT2D eigenvalue weighted by Gasteiger charge is 1.97. The molecule has 122 valence electrons. The number of phenolic OH excluding ortho intramolecular Hbond substituents is 2. The van der Waals surface area contributed by atoms with E-state index in [1.54, 1.807) is 12.3 Å². The molecule has 0 spiro atoms. The fraction of sp³-hybridized carbons (Fsp3) is 0.222. The third-order valence-corrected chi connectivity index (χ3v) is 2.91. The summed E-state index contributed by atoms with van der Waals surface area (Å²) in [5.41, 5.74) is 6.85. The lowest BCUT2D eigenvalue weighted by Gasteiger charge is -1.98. The number of carbonyl (C=O) groups excluding carboxylic acids is 1. The summed E-state index contributed by atoms with van der Waals surface area (Å²) in [6.45, 7) is 2.53. The number of aromatic hydroxyl groups is 2. The Morgan fingerprint density at radius 3 is 2.74 bits per heavy atom. The van der Waals surface area contributed by atoms with Crippen LogP contribution in [0.25, 0.3) is 6.08 Å². The highest BCUT2D eigenvalue weighted by molar-refractivity contribution is 5.74. The molecule has 0 heterocycles. The maximum atomic E-state index is 10.5. The monoisotopic (exact) mass is 314 g/mol. The Bertz CT molecular complexity index is 644. The fourth-order valence-electron chi connectivity index (χ4n) is 1.66. The van der Waals surface area contributed by atoms with Crippen molar-refractivity contribution >= 4 is 18.2 Å². The van der Waals surface area contributed by atoms with Crippen LogP contribution >= 0.6 is 0 Å². The molecule has 0 aromatic heterocycles. The number of nitrogens with zero attached hydrogens (tertiary/aromatic N) is 1. The van der Waals surface area contributed by atoms with Gasteiger partial charge in [-0.25, -0.2) is 0 Å². The molecule has 0 aliphatic carbocycles. The lowest BCUT2D eigenvalue weighted by atomic mass is 10.1. The third kappa shape index (κ3) is 8.26. The van der Waals surface area contributed by atoms with Crippen LogP contribution in [0.3, 0.4) is 0 Å². The van der Waals surface area contributed by atoms with Crippen LogP contribution in [0.5, 0.6) is 11.5 Å². The standard InChI is InChI=1S/C18H22N2O3/c1-14(5-2-3-11-20-12-4-6-18(19)23)7-8-15-9-10-16(21)17(22)13-15/h2-3,5,7-11,13,21-22H,4,6,12H2,1H3,(H2,19,23)/b3-2-,8-7+,14-5+,20-11+. The van der Waals surface area contributed by atoms with Crippen molar-refractivity contribution in [2.45, 2.75) is 19.8 Å². The van der Waals surface area contributed by atoms with Crippen LogP contribution < -0.4 is 5.73 Å². The predicted octanol–water partition coefficient (Wildman–Crippen LogP) is 2.95. The van der Waals surface area contributed by atoms with E-state index in [0.717, 1.165) is 11.1 Å². The van der Waals surface area contributed by atoms with Crippen LogP contribution in [0.4, 0.5) is 0 Å². The van der Waals surface area contributed by atoms with E-state index in [-0.39, 0.29) is 17.4 Å². The van der Waals surface area contributed by atoms with E-state index in [1.807, 2.05) is 37.3 Å². The summed E-state index contributed by atoms with van der Waals surface area (Å²) in [5.74, 6) is -0.572. The summed E-state index contributed by atoms with van der Waals surface area (Å²) in [5, 5.41) is 18.6. The van der Waals surface area contributed by atoms with Crippen molar-refractivity contribution in [2.24, 2.45) is 10.7 Å². The van der Waals surface area contributed by atoms with Crippen LogP contribution in [0.15, 0.2) is 53.1 Å². The van der Waals surface area contributed by atoms with E-state index in [4.69, 9.17) is 5.73 Å². The second-order valence-corrected chi connectivity index (χ2v) is 5.00. The smallest absolute Gasteiger partial charge is 0.217 e. The highest BCUT2D eigenvalue weighted by Crippen LogP contribution is 2.25. The average molecular weight is 314 g/mol. The summed E-state index contributed by atoms with van der Waals surface area (Å²) < 4.78 is 0. The molecule has 0 saturated heterocycles. The van der Waals surface area contributed by atoms with Crippen LogP contribution in [-0.4, -0.2) is 28.9 Å². The summed E-state index contributed by atoms with van der Waals surface area (Å²) >= 11 is 0. The Kier molecular flexibility index (Phi) is 7.92. The lowest BCUT2D eigenvalue weighted by Crippen LogP contribution is -2.10. The molecule has 5 heteroatoms. The van der Waals surface area contributed by atoms with Crippen molar-refractivity contribution in [1.29, 1.82) is 0 Å². The van der Waals surface area contributed by atoms with Gasteiger partial charge in [-0.05, 0) is 37.1 Å². The minimum Gasteiger partial charge on any atom is -0.504 e. The normalized spacial score (nSPS) is 12.7. The maximum absolute atomic E-state index is 10.5. The molecule has 0 bridgehead atoms. The van der Waals surface area contributed by atoms with Crippen molar-refractivity contribution < 1.29 is 15.0 Å². The molecular formula is C18H22N2O3. The average Bonchev–Trinajstić information content (AvgIpc) is 2.50. The Balaban J connectivity index is 2.42. The van der Waals surface area contributed by atoms with Gasteiger partial charge in [-0.2, -0.15) is 0 Å². The Labute approximate surface area is 136 Å². The Hall–Kier alpha value is -2.82. The second-order valence-electron chi connectivity index (χ2n) is 5.00. The van der Waals surface area contributed by atoms with Crippen molar-refractivity contribution in [2.75, 3.05) is 6.54 Å². The van der Waals surface area contributed by atoms with Gasteiger partial charge in [0.05, 0.1) is 0 Å². The zero-order chi connectivity index (χ0) is 17.1. The van der Waals surface area contributed by atoms with Gasteiger partial charge in [0.25, 0.3) is 0 Å². The number of nitrogens with two attached hydrogens (primary N) is 1. The summed E-state index contributed by atoms with van der Waals surface area (Å²) in [6.07, 6.45) is 12.1. The van der Waals surface area contributed by atoms with Gasteiger partial charge in [0, 0.05) is 19.2 Å². The second kappa shape index (κ2) is 10.00. The number of benzene rings is 1. The van der Waals surface area contributed by atoms with Crippen molar-refractivity contribution in [3.63, 3.8) is 0 Å². The van der Waals surface area contributed by atoms with Gasteiger partial charge in [0.15, 0.2) is 11.5 Å². The maximum Gasteiger partial charge on any atom is 0.217 e. The van der Waals surface area contributed by atoms with Crippen LogP contribution in [0, 0.1) is 0 Å².